The number of allylic oxidation sites excluding steroid dienone is 5. The van der Waals surface area contributed by atoms with Crippen LogP contribution in [0.5, 0.6) is 0 Å². The van der Waals surface area contributed by atoms with Crippen LogP contribution in [0.3, 0.4) is 0 Å². The van der Waals surface area contributed by atoms with Crippen LogP contribution in [0, 0.1) is 5.92 Å². The minimum absolute atomic E-state index is 0.164. The molecule has 0 fully saturated rings. The summed E-state index contributed by atoms with van der Waals surface area (Å²) in [7, 11) is 0. The van der Waals surface area contributed by atoms with Crippen molar-refractivity contribution >= 4 is 53.6 Å². The molecule has 1 aliphatic heterocycles. The highest BCUT2D eigenvalue weighted by atomic mass is 32.1. The van der Waals surface area contributed by atoms with E-state index in [2.05, 4.69) is 158 Å². The van der Waals surface area contributed by atoms with E-state index in [0.717, 1.165) is 46.7 Å². The summed E-state index contributed by atoms with van der Waals surface area (Å²) in [5.74, 6) is 0.164. The fraction of sp³-hybridized carbons (Fsp3) is 0.0816. The van der Waals surface area contributed by atoms with Gasteiger partial charge in [0, 0.05) is 42.7 Å². The number of rotatable bonds is 6. The van der Waals surface area contributed by atoms with E-state index in [-0.39, 0.29) is 5.92 Å². The molecule has 0 radical (unpaired) electrons. The molecule has 0 spiro atoms. The maximum absolute atomic E-state index is 6.51. The molecule has 52 heavy (non-hydrogen) atoms. The lowest BCUT2D eigenvalue weighted by Gasteiger charge is -2.18. The summed E-state index contributed by atoms with van der Waals surface area (Å²) in [6.07, 6.45) is 12.0. The van der Waals surface area contributed by atoms with Crippen LogP contribution < -0.4 is 10.8 Å². The normalized spacial score (nSPS) is 15.7. The number of benzene rings is 6. The summed E-state index contributed by atoms with van der Waals surface area (Å²) in [6.45, 7) is 0. The number of hydrogen-bond acceptors (Lipinski definition) is 3. The van der Waals surface area contributed by atoms with Crippen LogP contribution >= 0.6 is 11.3 Å². The first-order valence-electron chi connectivity index (χ1n) is 18.1. The molecule has 0 saturated carbocycles. The molecular weight excluding hydrogens is 651 g/mol. The Kier molecular flexibility index (Phi) is 7.66. The minimum Gasteiger partial charge on any atom is -0.454 e. The van der Waals surface area contributed by atoms with Gasteiger partial charge in [-0.1, -0.05) is 146 Å². The van der Waals surface area contributed by atoms with Crippen LogP contribution in [0.4, 0.5) is 0 Å². The predicted octanol–water partition coefficient (Wildman–Crippen LogP) is 11.8. The highest BCUT2D eigenvalue weighted by Gasteiger charge is 2.21. The highest BCUT2D eigenvalue weighted by molar-refractivity contribution is 7.25. The number of thiophene rings is 1. The van der Waals surface area contributed by atoms with Gasteiger partial charge in [0.25, 0.3) is 0 Å². The van der Waals surface area contributed by atoms with Crippen molar-refractivity contribution in [3.63, 3.8) is 0 Å². The Balaban J connectivity index is 0.993. The molecule has 0 saturated heterocycles. The molecule has 6 aromatic carbocycles. The third kappa shape index (κ3) is 5.55. The van der Waals surface area contributed by atoms with Gasteiger partial charge in [0.15, 0.2) is 5.42 Å². The SMILES string of the molecule is C1=CC(c2cccc3sc4cc(Cc5ccc(-c6ccccc6)cc5)ccc4c23)=CC(C2=CCC(c3ccccc3)=c3oc4ccccc4c3=N2)C1. The van der Waals surface area contributed by atoms with E-state index in [4.69, 9.17) is 9.41 Å². The number of furan rings is 1. The molecule has 2 aromatic heterocycles. The molecular formula is C49H35NOS. The Hall–Kier alpha value is -6.03. The highest BCUT2D eigenvalue weighted by Crippen LogP contribution is 2.41. The first kappa shape index (κ1) is 30.8. The van der Waals surface area contributed by atoms with Gasteiger partial charge in [-0.25, -0.2) is 4.99 Å². The van der Waals surface area contributed by atoms with Crippen molar-refractivity contribution in [1.29, 1.82) is 0 Å². The first-order valence-corrected chi connectivity index (χ1v) is 18.9. The zero-order valence-electron chi connectivity index (χ0n) is 28.6. The van der Waals surface area contributed by atoms with Gasteiger partial charge >= 0.3 is 0 Å². The van der Waals surface area contributed by atoms with Gasteiger partial charge in [0.1, 0.15) is 10.9 Å². The van der Waals surface area contributed by atoms with E-state index in [1.807, 2.05) is 23.5 Å². The average Bonchev–Trinajstić information content (AvgIpc) is 3.70. The van der Waals surface area contributed by atoms with E-state index >= 15 is 0 Å². The number of hydrogen-bond donors (Lipinski definition) is 0. The molecule has 248 valence electrons. The summed E-state index contributed by atoms with van der Waals surface area (Å²) < 4.78 is 9.17. The lowest BCUT2D eigenvalue weighted by molar-refractivity contribution is 0.569. The molecule has 0 amide bonds. The average molecular weight is 686 g/mol. The maximum atomic E-state index is 6.51. The van der Waals surface area contributed by atoms with Gasteiger partial charge in [-0.3, -0.25) is 0 Å². The first-order chi connectivity index (χ1) is 25.7. The summed E-state index contributed by atoms with van der Waals surface area (Å²) in [6, 6.07) is 52.3. The molecule has 1 atom stereocenters. The minimum atomic E-state index is 0.164. The van der Waals surface area contributed by atoms with Gasteiger partial charge in [-0.15, -0.1) is 11.3 Å². The lowest BCUT2D eigenvalue weighted by Crippen LogP contribution is -2.23. The zero-order chi connectivity index (χ0) is 34.4. The summed E-state index contributed by atoms with van der Waals surface area (Å²) in [5.41, 5.74) is 12.9. The van der Waals surface area contributed by atoms with Crippen LogP contribution in [-0.4, -0.2) is 0 Å². The van der Waals surface area contributed by atoms with Gasteiger partial charge in [-0.2, -0.15) is 0 Å². The summed E-state index contributed by atoms with van der Waals surface area (Å²) in [4.78, 5) is 5.39. The topological polar surface area (TPSA) is 25.5 Å². The Bertz CT molecular complexity index is 2850. The van der Waals surface area contributed by atoms with Crippen LogP contribution in [-0.2, 0) is 6.42 Å². The summed E-state index contributed by atoms with van der Waals surface area (Å²) in [5, 5.41) is 4.67. The van der Waals surface area contributed by atoms with Crippen LogP contribution in [0.15, 0.2) is 185 Å². The molecule has 3 heteroatoms. The fourth-order valence-corrected chi connectivity index (χ4v) is 9.11. The van der Waals surface area contributed by atoms with Crippen molar-refractivity contribution < 1.29 is 4.42 Å². The predicted molar refractivity (Wildman–Crippen MR) is 218 cm³/mol. The van der Waals surface area contributed by atoms with E-state index in [9.17, 15) is 0 Å². The number of para-hydroxylation sites is 1. The Morgan fingerprint density at radius 3 is 2.25 bits per heavy atom. The fourth-order valence-electron chi connectivity index (χ4n) is 7.91. The molecule has 8 aromatic rings. The third-order valence-corrected chi connectivity index (χ3v) is 11.6. The smallest absolute Gasteiger partial charge is 0.157 e. The molecule has 2 aliphatic rings. The second kappa shape index (κ2) is 12.9. The van der Waals surface area contributed by atoms with Crippen molar-refractivity contribution in [2.24, 2.45) is 10.9 Å². The Morgan fingerprint density at radius 2 is 1.40 bits per heavy atom. The van der Waals surface area contributed by atoms with E-state index in [1.165, 1.54) is 64.7 Å². The van der Waals surface area contributed by atoms with Gasteiger partial charge in [0.05, 0.1) is 0 Å². The van der Waals surface area contributed by atoms with E-state index in [0.29, 0.717) is 0 Å². The van der Waals surface area contributed by atoms with E-state index in [1.54, 1.807) is 0 Å². The monoisotopic (exact) mass is 685 g/mol. The van der Waals surface area contributed by atoms with Crippen molar-refractivity contribution in [3.8, 4) is 11.1 Å². The molecule has 1 unspecified atom stereocenters. The van der Waals surface area contributed by atoms with Gasteiger partial charge in [0.2, 0.25) is 0 Å². The Labute approximate surface area is 306 Å². The van der Waals surface area contributed by atoms with E-state index < -0.39 is 0 Å². The third-order valence-electron chi connectivity index (χ3n) is 10.5. The second-order valence-corrected chi connectivity index (χ2v) is 14.9. The largest absolute Gasteiger partial charge is 0.454 e. The van der Waals surface area contributed by atoms with Gasteiger partial charge in [-0.05, 0) is 82.5 Å². The molecule has 0 bridgehead atoms. The van der Waals surface area contributed by atoms with Crippen LogP contribution in [0.25, 0.3) is 53.4 Å². The molecule has 3 heterocycles. The standard InChI is InChI=1S/C49H35NOS/c1-3-11-34(12-4-1)35-24-21-32(22-25-35)29-33-23-26-42-46(30-33)52-45-20-10-18-39(47(42)45)37-15-9-16-38(31-37)43-28-27-40(36-13-5-2-6-14-36)49-48(50-43)41-17-7-8-19-44(41)51-49/h1-15,17-26,28,30-31,38H,16,27,29H2. The molecule has 2 nitrogen and oxygen atoms in total. The number of fused-ring (bicyclic) bond motifs is 6. The maximum Gasteiger partial charge on any atom is 0.157 e. The molecule has 1 aliphatic carbocycles. The van der Waals surface area contributed by atoms with Crippen LogP contribution in [0.2, 0.25) is 0 Å². The number of nitrogens with zero attached hydrogens (tertiary/aromatic N) is 1. The molecule has 10 rings (SSSR count). The zero-order valence-corrected chi connectivity index (χ0v) is 29.4. The quantitative estimate of drug-likeness (QED) is 0.171. The van der Waals surface area contributed by atoms with Crippen LogP contribution in [0.1, 0.15) is 35.1 Å². The van der Waals surface area contributed by atoms with Crippen molar-refractivity contribution in [1.82, 2.24) is 0 Å². The molecule has 0 N–H and O–H groups in total. The summed E-state index contributed by atoms with van der Waals surface area (Å²) >= 11 is 1.89. The Morgan fingerprint density at radius 1 is 0.654 bits per heavy atom. The van der Waals surface area contributed by atoms with Crippen molar-refractivity contribution in [2.45, 2.75) is 19.3 Å². The second-order valence-electron chi connectivity index (χ2n) is 13.8. The lowest BCUT2D eigenvalue weighted by atomic mass is 9.88. The van der Waals surface area contributed by atoms with Crippen molar-refractivity contribution in [3.05, 3.63) is 209 Å². The van der Waals surface area contributed by atoms with Crippen molar-refractivity contribution in [2.75, 3.05) is 0 Å². The van der Waals surface area contributed by atoms with Gasteiger partial charge < -0.3 is 4.42 Å².